The number of rotatable bonds is 8. The third-order valence-corrected chi connectivity index (χ3v) is 3.49. The second-order valence-electron chi connectivity index (χ2n) is 4.97. The Morgan fingerprint density at radius 3 is 2.52 bits per heavy atom. The van der Waals surface area contributed by atoms with E-state index in [0.717, 1.165) is 5.56 Å². The monoisotopic (exact) mass is 362 g/mol. The molecule has 0 aliphatic heterocycles. The molecule has 0 saturated heterocycles. The van der Waals surface area contributed by atoms with E-state index in [0.29, 0.717) is 28.0 Å². The number of hydrogen-bond donors (Lipinski definition) is 2. The molecule has 1 amide bonds. The van der Waals surface area contributed by atoms with Crippen molar-refractivity contribution in [3.05, 3.63) is 59.6 Å². The van der Waals surface area contributed by atoms with Crippen LogP contribution in [0.3, 0.4) is 0 Å². The number of carbonyl (C=O) groups excluding carboxylic acids is 1. The second-order valence-corrected chi connectivity index (χ2v) is 5.40. The van der Waals surface area contributed by atoms with Crippen molar-refractivity contribution in [3.63, 3.8) is 0 Å². The van der Waals surface area contributed by atoms with Gasteiger partial charge in [0.1, 0.15) is 5.75 Å². The van der Waals surface area contributed by atoms with Crippen LogP contribution in [0.1, 0.15) is 5.56 Å². The van der Waals surface area contributed by atoms with Crippen molar-refractivity contribution in [2.45, 2.75) is 0 Å². The number of hydrogen-bond acceptors (Lipinski definition) is 5. The molecule has 2 N–H and O–H groups in total. The quantitative estimate of drug-likeness (QED) is 0.706. The maximum Gasteiger partial charge on any atom is 0.276 e. The molecule has 0 aromatic heterocycles. The number of benzene rings is 2. The molecule has 0 radical (unpaired) electrons. The van der Waals surface area contributed by atoms with Crippen LogP contribution < -0.4 is 25.1 Å². The lowest BCUT2D eigenvalue weighted by Crippen LogP contribution is -2.38. The third-order valence-electron chi connectivity index (χ3n) is 3.25. The number of hydrazine groups is 1. The maximum absolute atomic E-state index is 11.8. The first-order valence-corrected chi connectivity index (χ1v) is 7.76. The Hall–Kier alpha value is -2.86. The summed E-state index contributed by atoms with van der Waals surface area (Å²) in [5, 5.41) is 0.540. The van der Waals surface area contributed by atoms with Crippen LogP contribution in [0, 0.1) is 0 Å². The van der Waals surface area contributed by atoms with Crippen LogP contribution in [0.15, 0.2) is 49.0 Å². The Balaban J connectivity index is 1.85. The van der Waals surface area contributed by atoms with Crippen molar-refractivity contribution in [2.75, 3.05) is 20.8 Å². The van der Waals surface area contributed by atoms with Crippen LogP contribution in [0.2, 0.25) is 5.02 Å². The van der Waals surface area contributed by atoms with Crippen molar-refractivity contribution >= 4 is 23.2 Å². The zero-order valence-electron chi connectivity index (χ0n) is 14.0. The summed E-state index contributed by atoms with van der Waals surface area (Å²) in [7, 11) is 3.11. The lowest BCUT2D eigenvalue weighted by molar-refractivity contribution is -0.123. The standard InChI is InChI=1S/C18H19ClN2O4/c1-12(13-7-8-16(23-2)17(9-13)24-3)20-21-18(22)11-25-15-6-4-5-14(19)10-15/h4-10,20H,1,11H2,2-3H3,(H,21,22). The number of halogens is 1. The largest absolute Gasteiger partial charge is 0.493 e. The van der Waals surface area contributed by atoms with Crippen molar-refractivity contribution < 1.29 is 19.0 Å². The fourth-order valence-corrected chi connectivity index (χ4v) is 2.16. The van der Waals surface area contributed by atoms with Gasteiger partial charge in [0.25, 0.3) is 5.91 Å². The molecule has 0 heterocycles. The fraction of sp³-hybridized carbons (Fsp3) is 0.167. The maximum atomic E-state index is 11.8. The zero-order valence-corrected chi connectivity index (χ0v) is 14.7. The Bertz CT molecular complexity index is 764. The van der Waals surface area contributed by atoms with Gasteiger partial charge in [0.15, 0.2) is 18.1 Å². The third kappa shape index (κ3) is 5.32. The number of methoxy groups -OCH3 is 2. The van der Waals surface area contributed by atoms with Crippen molar-refractivity contribution in [2.24, 2.45) is 0 Å². The predicted octanol–water partition coefficient (Wildman–Crippen LogP) is 3.03. The van der Waals surface area contributed by atoms with E-state index >= 15 is 0 Å². The lowest BCUT2D eigenvalue weighted by atomic mass is 10.1. The first-order valence-electron chi connectivity index (χ1n) is 7.38. The first-order chi connectivity index (χ1) is 12.0. The minimum Gasteiger partial charge on any atom is -0.493 e. The average molecular weight is 363 g/mol. The summed E-state index contributed by atoms with van der Waals surface area (Å²) < 4.78 is 15.8. The molecule has 0 bridgehead atoms. The number of amides is 1. The summed E-state index contributed by atoms with van der Waals surface area (Å²) in [6.07, 6.45) is 0. The molecule has 7 heteroatoms. The van der Waals surface area contributed by atoms with Gasteiger partial charge >= 0.3 is 0 Å². The molecule has 6 nitrogen and oxygen atoms in total. The number of nitrogens with one attached hydrogen (secondary N) is 2. The molecule has 0 saturated carbocycles. The lowest BCUT2D eigenvalue weighted by Gasteiger charge is -2.14. The van der Waals surface area contributed by atoms with E-state index < -0.39 is 0 Å². The predicted molar refractivity (Wildman–Crippen MR) is 96.8 cm³/mol. The normalized spacial score (nSPS) is 9.88. The summed E-state index contributed by atoms with van der Waals surface area (Å²) in [4.78, 5) is 11.8. The van der Waals surface area contributed by atoms with Gasteiger partial charge in [-0.3, -0.25) is 15.6 Å². The van der Waals surface area contributed by atoms with E-state index in [2.05, 4.69) is 17.4 Å². The molecule has 0 spiro atoms. The van der Waals surface area contributed by atoms with Gasteiger partial charge in [0.05, 0.1) is 19.9 Å². The molecule has 132 valence electrons. The second kappa shape index (κ2) is 8.84. The summed E-state index contributed by atoms with van der Waals surface area (Å²) in [5.74, 6) is 1.33. The van der Waals surface area contributed by atoms with E-state index in [-0.39, 0.29) is 12.5 Å². The van der Waals surface area contributed by atoms with Crippen LogP contribution in [0.25, 0.3) is 5.70 Å². The van der Waals surface area contributed by atoms with E-state index in [1.54, 1.807) is 56.7 Å². The van der Waals surface area contributed by atoms with E-state index in [1.807, 2.05) is 0 Å². The number of ether oxygens (including phenoxy) is 3. The van der Waals surface area contributed by atoms with E-state index in [9.17, 15) is 4.79 Å². The van der Waals surface area contributed by atoms with Gasteiger partial charge in [0.2, 0.25) is 0 Å². The summed E-state index contributed by atoms with van der Waals surface area (Å²) >= 11 is 5.85. The van der Waals surface area contributed by atoms with Crippen molar-refractivity contribution in [1.82, 2.24) is 10.9 Å². The van der Waals surface area contributed by atoms with Crippen LogP contribution in [-0.2, 0) is 4.79 Å². The zero-order chi connectivity index (χ0) is 18.2. The highest BCUT2D eigenvalue weighted by molar-refractivity contribution is 6.30. The molecule has 0 atom stereocenters. The highest BCUT2D eigenvalue weighted by Gasteiger charge is 2.08. The van der Waals surface area contributed by atoms with Gasteiger partial charge in [-0.2, -0.15) is 0 Å². The minimum absolute atomic E-state index is 0.160. The topological polar surface area (TPSA) is 68.8 Å². The Labute approximate surface area is 151 Å². The highest BCUT2D eigenvalue weighted by atomic mass is 35.5. The molecule has 0 unspecified atom stereocenters. The van der Waals surface area contributed by atoms with Crippen LogP contribution in [0.5, 0.6) is 17.2 Å². The Morgan fingerprint density at radius 2 is 1.84 bits per heavy atom. The highest BCUT2D eigenvalue weighted by Crippen LogP contribution is 2.29. The first kappa shape index (κ1) is 18.5. The molecule has 2 aromatic carbocycles. The van der Waals surface area contributed by atoms with Gasteiger partial charge in [-0.05, 0) is 36.4 Å². The molecule has 0 aliphatic rings. The van der Waals surface area contributed by atoms with E-state index in [1.165, 1.54) is 0 Å². The average Bonchev–Trinajstić information content (AvgIpc) is 2.63. The molecule has 2 rings (SSSR count). The smallest absolute Gasteiger partial charge is 0.276 e. The Morgan fingerprint density at radius 1 is 1.08 bits per heavy atom. The Kier molecular flexibility index (Phi) is 6.54. The SMILES string of the molecule is C=C(NNC(=O)COc1cccc(Cl)c1)c1ccc(OC)c(OC)c1. The van der Waals surface area contributed by atoms with Crippen molar-refractivity contribution in [3.8, 4) is 17.2 Å². The van der Waals surface area contributed by atoms with Crippen LogP contribution >= 0.6 is 11.6 Å². The van der Waals surface area contributed by atoms with Gasteiger partial charge in [-0.15, -0.1) is 0 Å². The molecule has 25 heavy (non-hydrogen) atoms. The van der Waals surface area contributed by atoms with E-state index in [4.69, 9.17) is 25.8 Å². The van der Waals surface area contributed by atoms with Gasteiger partial charge in [-0.1, -0.05) is 24.2 Å². The van der Waals surface area contributed by atoms with Crippen LogP contribution in [-0.4, -0.2) is 26.7 Å². The number of carbonyl (C=O) groups is 1. The van der Waals surface area contributed by atoms with Gasteiger partial charge < -0.3 is 14.2 Å². The fourth-order valence-electron chi connectivity index (χ4n) is 1.98. The molecule has 2 aromatic rings. The molecular weight excluding hydrogens is 344 g/mol. The van der Waals surface area contributed by atoms with Crippen molar-refractivity contribution in [1.29, 1.82) is 0 Å². The summed E-state index contributed by atoms with van der Waals surface area (Å²) in [5.41, 5.74) is 6.49. The summed E-state index contributed by atoms with van der Waals surface area (Å²) in [6.45, 7) is 3.72. The van der Waals surface area contributed by atoms with Crippen LogP contribution in [0.4, 0.5) is 0 Å². The minimum atomic E-state index is -0.360. The molecule has 0 fully saturated rings. The molecular formula is C18H19ClN2O4. The summed E-state index contributed by atoms with van der Waals surface area (Å²) in [6, 6.07) is 12.1. The van der Waals surface area contributed by atoms with Gasteiger partial charge in [0, 0.05) is 10.6 Å². The van der Waals surface area contributed by atoms with Gasteiger partial charge in [-0.25, -0.2) is 0 Å². The molecule has 0 aliphatic carbocycles.